The number of aromatic nitrogens is 1. The first kappa shape index (κ1) is 10.7. The summed E-state index contributed by atoms with van der Waals surface area (Å²) in [6, 6.07) is 4.15. The molecule has 0 atom stereocenters. The van der Waals surface area contributed by atoms with Crippen LogP contribution in [0.2, 0.25) is 0 Å². The summed E-state index contributed by atoms with van der Waals surface area (Å²) in [5.41, 5.74) is 1.26. The molecule has 0 aromatic carbocycles. The van der Waals surface area contributed by atoms with E-state index in [9.17, 15) is 0 Å². The summed E-state index contributed by atoms with van der Waals surface area (Å²) in [6.07, 6.45) is 4.17. The zero-order chi connectivity index (χ0) is 10.8. The maximum Gasteiger partial charge on any atom is 0.128 e. The molecule has 0 radical (unpaired) electrons. The van der Waals surface area contributed by atoms with Crippen molar-refractivity contribution in [1.29, 1.82) is 0 Å². The van der Waals surface area contributed by atoms with Gasteiger partial charge in [0.2, 0.25) is 0 Å². The SMILES string of the molecule is Cc1ccnc(N(C)CC2CC(Cl)C2)c1. The Bertz CT molecular complexity index is 334. The van der Waals surface area contributed by atoms with E-state index in [1.807, 2.05) is 12.3 Å². The number of rotatable bonds is 3. The van der Waals surface area contributed by atoms with E-state index in [1.165, 1.54) is 5.56 Å². The van der Waals surface area contributed by atoms with Crippen LogP contribution in [0.15, 0.2) is 18.3 Å². The summed E-state index contributed by atoms with van der Waals surface area (Å²) >= 11 is 5.96. The van der Waals surface area contributed by atoms with Gasteiger partial charge in [0, 0.05) is 25.2 Å². The van der Waals surface area contributed by atoms with Crippen molar-refractivity contribution >= 4 is 17.4 Å². The third-order valence-corrected chi connectivity index (χ3v) is 3.36. The zero-order valence-corrected chi connectivity index (χ0v) is 10.0. The Morgan fingerprint density at radius 3 is 2.87 bits per heavy atom. The Balaban J connectivity index is 1.93. The van der Waals surface area contributed by atoms with Gasteiger partial charge in [0.05, 0.1) is 0 Å². The first-order valence-corrected chi connectivity index (χ1v) is 5.86. The molecule has 1 aromatic heterocycles. The van der Waals surface area contributed by atoms with Crippen molar-refractivity contribution in [3.8, 4) is 0 Å². The predicted octanol–water partition coefficient (Wildman–Crippen LogP) is 2.84. The highest BCUT2D eigenvalue weighted by atomic mass is 35.5. The van der Waals surface area contributed by atoms with E-state index in [1.54, 1.807) is 0 Å². The molecule has 0 spiro atoms. The van der Waals surface area contributed by atoms with Gasteiger partial charge in [-0.2, -0.15) is 0 Å². The molecule has 0 unspecified atom stereocenters. The van der Waals surface area contributed by atoms with Gasteiger partial charge in [-0.05, 0) is 43.4 Å². The van der Waals surface area contributed by atoms with Crippen molar-refractivity contribution in [2.24, 2.45) is 5.92 Å². The molecule has 2 nitrogen and oxygen atoms in total. The van der Waals surface area contributed by atoms with E-state index in [2.05, 4.69) is 29.9 Å². The van der Waals surface area contributed by atoms with Crippen molar-refractivity contribution in [3.63, 3.8) is 0 Å². The van der Waals surface area contributed by atoms with Gasteiger partial charge in [-0.15, -0.1) is 11.6 Å². The highest BCUT2D eigenvalue weighted by Crippen LogP contribution is 2.32. The molecule has 3 heteroatoms. The molecule has 0 saturated heterocycles. The number of aryl methyl sites for hydroxylation is 1. The number of alkyl halides is 1. The smallest absolute Gasteiger partial charge is 0.128 e. The molecule has 1 aliphatic carbocycles. The van der Waals surface area contributed by atoms with Gasteiger partial charge < -0.3 is 4.90 Å². The van der Waals surface area contributed by atoms with E-state index in [0.717, 1.165) is 31.1 Å². The molecule has 0 bridgehead atoms. The van der Waals surface area contributed by atoms with Crippen molar-refractivity contribution in [1.82, 2.24) is 4.98 Å². The molecule has 0 N–H and O–H groups in total. The normalized spacial score (nSPS) is 24.7. The summed E-state index contributed by atoms with van der Waals surface area (Å²) in [7, 11) is 2.10. The average Bonchev–Trinajstić information content (AvgIpc) is 2.15. The molecule has 15 heavy (non-hydrogen) atoms. The standard InChI is InChI=1S/C12H17ClN2/c1-9-3-4-14-12(5-9)15(2)8-10-6-11(13)7-10/h3-5,10-11H,6-8H2,1-2H3. The number of pyridine rings is 1. The zero-order valence-electron chi connectivity index (χ0n) is 9.28. The van der Waals surface area contributed by atoms with E-state index >= 15 is 0 Å². The van der Waals surface area contributed by atoms with Gasteiger partial charge in [0.1, 0.15) is 5.82 Å². The van der Waals surface area contributed by atoms with Crippen LogP contribution in [0, 0.1) is 12.8 Å². The van der Waals surface area contributed by atoms with E-state index in [4.69, 9.17) is 11.6 Å². The number of hydrogen-bond acceptors (Lipinski definition) is 2. The van der Waals surface area contributed by atoms with Crippen molar-refractivity contribution in [3.05, 3.63) is 23.9 Å². The van der Waals surface area contributed by atoms with Crippen molar-refractivity contribution < 1.29 is 0 Å². The summed E-state index contributed by atoms with van der Waals surface area (Å²) in [5, 5.41) is 0.411. The Morgan fingerprint density at radius 2 is 2.27 bits per heavy atom. The lowest BCUT2D eigenvalue weighted by atomic mass is 9.84. The second-order valence-electron chi connectivity index (χ2n) is 4.51. The molecular weight excluding hydrogens is 208 g/mol. The van der Waals surface area contributed by atoms with E-state index < -0.39 is 0 Å². The van der Waals surface area contributed by atoms with Crippen molar-refractivity contribution in [2.75, 3.05) is 18.5 Å². The summed E-state index contributed by atoms with van der Waals surface area (Å²) < 4.78 is 0. The summed E-state index contributed by atoms with van der Waals surface area (Å²) in [5.74, 6) is 1.81. The van der Waals surface area contributed by atoms with Crippen LogP contribution in [-0.4, -0.2) is 24.0 Å². The quantitative estimate of drug-likeness (QED) is 0.734. The summed E-state index contributed by atoms with van der Waals surface area (Å²) in [4.78, 5) is 6.59. The lowest BCUT2D eigenvalue weighted by Gasteiger charge is -2.34. The van der Waals surface area contributed by atoms with Crippen molar-refractivity contribution in [2.45, 2.75) is 25.1 Å². The number of hydrogen-bond donors (Lipinski definition) is 0. The molecule has 0 amide bonds. The molecule has 1 aliphatic rings. The lowest BCUT2D eigenvalue weighted by Crippen LogP contribution is -2.35. The lowest BCUT2D eigenvalue weighted by molar-refractivity contribution is 0.328. The minimum atomic E-state index is 0.411. The minimum absolute atomic E-state index is 0.411. The average molecular weight is 225 g/mol. The highest BCUT2D eigenvalue weighted by molar-refractivity contribution is 6.21. The van der Waals surface area contributed by atoms with Crippen LogP contribution in [0.5, 0.6) is 0 Å². The first-order valence-electron chi connectivity index (χ1n) is 5.43. The van der Waals surface area contributed by atoms with Crippen LogP contribution < -0.4 is 4.90 Å². The van der Waals surface area contributed by atoms with Gasteiger partial charge in [-0.25, -0.2) is 4.98 Å². The van der Waals surface area contributed by atoms with E-state index in [-0.39, 0.29) is 0 Å². The second kappa shape index (κ2) is 4.40. The Morgan fingerprint density at radius 1 is 1.53 bits per heavy atom. The first-order chi connectivity index (χ1) is 7.15. The van der Waals surface area contributed by atoms with Gasteiger partial charge in [0.25, 0.3) is 0 Å². The molecular formula is C12H17ClN2. The van der Waals surface area contributed by atoms with Gasteiger partial charge in [-0.1, -0.05) is 0 Å². The van der Waals surface area contributed by atoms with E-state index in [0.29, 0.717) is 5.38 Å². The Labute approximate surface area is 96.3 Å². The largest absolute Gasteiger partial charge is 0.359 e. The fourth-order valence-electron chi connectivity index (χ4n) is 2.01. The maximum absolute atomic E-state index is 5.96. The van der Waals surface area contributed by atoms with Gasteiger partial charge >= 0.3 is 0 Å². The van der Waals surface area contributed by atoms with Gasteiger partial charge in [0.15, 0.2) is 0 Å². The maximum atomic E-state index is 5.96. The monoisotopic (exact) mass is 224 g/mol. The molecule has 0 aliphatic heterocycles. The highest BCUT2D eigenvalue weighted by Gasteiger charge is 2.28. The van der Waals surface area contributed by atoms with Crippen LogP contribution in [0.4, 0.5) is 5.82 Å². The van der Waals surface area contributed by atoms with Crippen LogP contribution >= 0.6 is 11.6 Å². The third kappa shape index (κ3) is 2.63. The fourth-order valence-corrected chi connectivity index (χ4v) is 2.52. The summed E-state index contributed by atoms with van der Waals surface area (Å²) in [6.45, 7) is 3.16. The number of nitrogens with zero attached hydrogens (tertiary/aromatic N) is 2. The molecule has 1 fully saturated rings. The second-order valence-corrected chi connectivity index (χ2v) is 5.12. The van der Waals surface area contributed by atoms with Crippen LogP contribution in [0.1, 0.15) is 18.4 Å². The van der Waals surface area contributed by atoms with Gasteiger partial charge in [-0.3, -0.25) is 0 Å². The predicted molar refractivity (Wildman–Crippen MR) is 64.6 cm³/mol. The molecule has 82 valence electrons. The van der Waals surface area contributed by atoms with Crippen LogP contribution in [0.3, 0.4) is 0 Å². The van der Waals surface area contributed by atoms with Crippen LogP contribution in [-0.2, 0) is 0 Å². The minimum Gasteiger partial charge on any atom is -0.359 e. The Hall–Kier alpha value is -0.760. The number of halogens is 1. The molecule has 1 aromatic rings. The Kier molecular flexibility index (Phi) is 3.15. The fraction of sp³-hybridized carbons (Fsp3) is 0.583. The topological polar surface area (TPSA) is 16.1 Å². The third-order valence-electron chi connectivity index (χ3n) is 3.00. The van der Waals surface area contributed by atoms with Crippen LogP contribution in [0.25, 0.3) is 0 Å². The number of anilines is 1. The molecule has 1 saturated carbocycles. The molecule has 2 rings (SSSR count). The molecule has 1 heterocycles.